The molecule has 0 radical (unpaired) electrons. The Morgan fingerprint density at radius 3 is 2.57 bits per heavy atom. The van der Waals surface area contributed by atoms with Crippen molar-refractivity contribution in [3.05, 3.63) is 47.4 Å². The average Bonchev–Trinajstić information content (AvgIpc) is 3.24. The summed E-state index contributed by atoms with van der Waals surface area (Å²) >= 11 is 0. The highest BCUT2D eigenvalue weighted by molar-refractivity contribution is 5.99. The molecule has 0 unspecified atom stereocenters. The number of nitrogens with zero attached hydrogens (tertiary/aromatic N) is 4. The van der Waals surface area contributed by atoms with Crippen molar-refractivity contribution in [1.82, 2.24) is 19.2 Å². The van der Waals surface area contributed by atoms with Gasteiger partial charge in [0.25, 0.3) is 5.91 Å². The maximum Gasteiger partial charge on any atom is 0.253 e. The maximum atomic E-state index is 13.0. The van der Waals surface area contributed by atoms with Crippen molar-refractivity contribution in [2.75, 3.05) is 18.4 Å². The SMILES string of the molecule is Cc1c(C)n(C)c2ccc(C(=O)N3CCC(CC(=O)Nc4cnn(C)c4)CC3)cc12. The summed E-state index contributed by atoms with van der Waals surface area (Å²) in [6, 6.07) is 5.99. The molecular formula is C23H29N5O2. The van der Waals surface area contributed by atoms with Gasteiger partial charge in [0.05, 0.1) is 11.9 Å². The Morgan fingerprint density at radius 2 is 1.90 bits per heavy atom. The lowest BCUT2D eigenvalue weighted by Crippen LogP contribution is -2.39. The predicted molar refractivity (Wildman–Crippen MR) is 117 cm³/mol. The van der Waals surface area contributed by atoms with E-state index in [-0.39, 0.29) is 11.8 Å². The standard InChI is InChI=1S/C23H29N5O2/c1-15-16(2)27(4)21-6-5-18(12-20(15)21)23(30)28-9-7-17(8-10-28)11-22(29)25-19-13-24-26(3)14-19/h5-6,12-14,17H,7-11H2,1-4H3,(H,25,29). The number of amides is 2. The van der Waals surface area contributed by atoms with Gasteiger partial charge in [-0.2, -0.15) is 5.10 Å². The van der Waals surface area contributed by atoms with Gasteiger partial charge in [-0.15, -0.1) is 0 Å². The largest absolute Gasteiger partial charge is 0.348 e. The number of aryl methyl sites for hydroxylation is 3. The van der Waals surface area contributed by atoms with Crippen molar-refractivity contribution >= 4 is 28.4 Å². The van der Waals surface area contributed by atoms with Crippen LogP contribution < -0.4 is 5.32 Å². The molecule has 0 saturated carbocycles. The van der Waals surface area contributed by atoms with E-state index in [1.54, 1.807) is 17.1 Å². The van der Waals surface area contributed by atoms with Gasteiger partial charge in [0.2, 0.25) is 5.91 Å². The van der Waals surface area contributed by atoms with Crippen LogP contribution in [0.2, 0.25) is 0 Å². The Balaban J connectivity index is 1.35. The highest BCUT2D eigenvalue weighted by atomic mass is 16.2. The number of rotatable bonds is 4. The monoisotopic (exact) mass is 407 g/mol. The summed E-state index contributed by atoms with van der Waals surface area (Å²) in [5.41, 5.74) is 5.06. The number of carbonyl (C=O) groups excluding carboxylic acids is 2. The fourth-order valence-electron chi connectivity index (χ4n) is 4.37. The summed E-state index contributed by atoms with van der Waals surface area (Å²) in [6.45, 7) is 5.59. The Kier molecular flexibility index (Phi) is 5.37. The van der Waals surface area contributed by atoms with E-state index in [1.807, 2.05) is 30.1 Å². The van der Waals surface area contributed by atoms with Gasteiger partial charge < -0.3 is 14.8 Å². The molecule has 1 aromatic carbocycles. The number of likely N-dealkylation sites (tertiary alicyclic amines) is 1. The number of aromatic nitrogens is 3. The maximum absolute atomic E-state index is 13.0. The zero-order valence-corrected chi connectivity index (χ0v) is 18.1. The van der Waals surface area contributed by atoms with E-state index >= 15 is 0 Å². The van der Waals surface area contributed by atoms with Gasteiger partial charge in [0.15, 0.2) is 0 Å². The first kappa shape index (κ1) is 20.2. The first-order valence-corrected chi connectivity index (χ1v) is 10.5. The van der Waals surface area contributed by atoms with Crippen LogP contribution >= 0.6 is 0 Å². The van der Waals surface area contributed by atoms with Gasteiger partial charge in [0, 0.05) is 62.0 Å². The molecule has 158 valence electrons. The van der Waals surface area contributed by atoms with Crippen LogP contribution in [0.4, 0.5) is 5.69 Å². The molecule has 0 bridgehead atoms. The van der Waals surface area contributed by atoms with Crippen molar-refractivity contribution in [1.29, 1.82) is 0 Å². The third kappa shape index (κ3) is 3.84. The normalized spacial score (nSPS) is 15.0. The lowest BCUT2D eigenvalue weighted by Gasteiger charge is -2.31. The molecule has 0 spiro atoms. The van der Waals surface area contributed by atoms with E-state index in [0.717, 1.165) is 35.0 Å². The summed E-state index contributed by atoms with van der Waals surface area (Å²) in [4.78, 5) is 27.2. The summed E-state index contributed by atoms with van der Waals surface area (Å²) in [5, 5.41) is 8.10. The average molecular weight is 408 g/mol. The summed E-state index contributed by atoms with van der Waals surface area (Å²) in [6.07, 6.45) is 5.60. The molecule has 1 fully saturated rings. The zero-order valence-electron chi connectivity index (χ0n) is 18.1. The van der Waals surface area contributed by atoms with Gasteiger partial charge in [-0.25, -0.2) is 0 Å². The van der Waals surface area contributed by atoms with Crippen molar-refractivity contribution in [2.45, 2.75) is 33.1 Å². The van der Waals surface area contributed by atoms with E-state index < -0.39 is 0 Å². The highest BCUT2D eigenvalue weighted by Gasteiger charge is 2.25. The quantitative estimate of drug-likeness (QED) is 0.720. The van der Waals surface area contributed by atoms with Crippen molar-refractivity contribution < 1.29 is 9.59 Å². The molecule has 4 rings (SSSR count). The number of anilines is 1. The second kappa shape index (κ2) is 7.97. The van der Waals surface area contributed by atoms with Gasteiger partial charge in [-0.3, -0.25) is 14.3 Å². The number of hydrogen-bond donors (Lipinski definition) is 1. The van der Waals surface area contributed by atoms with Crippen LogP contribution in [0.1, 0.15) is 40.9 Å². The predicted octanol–water partition coefficient (Wildman–Crippen LogP) is 3.41. The van der Waals surface area contributed by atoms with Gasteiger partial charge in [-0.05, 0) is 56.4 Å². The fourth-order valence-corrected chi connectivity index (χ4v) is 4.37. The zero-order chi connectivity index (χ0) is 21.4. The third-order valence-corrected chi connectivity index (χ3v) is 6.42. The number of hydrogen-bond acceptors (Lipinski definition) is 3. The second-order valence-electron chi connectivity index (χ2n) is 8.39. The molecular weight excluding hydrogens is 378 g/mol. The van der Waals surface area contributed by atoms with E-state index in [2.05, 4.69) is 35.9 Å². The number of fused-ring (bicyclic) bond motifs is 1. The Bertz CT molecular complexity index is 1100. The van der Waals surface area contributed by atoms with E-state index in [4.69, 9.17) is 0 Å². The van der Waals surface area contributed by atoms with Crippen LogP contribution in [0.5, 0.6) is 0 Å². The molecule has 7 heteroatoms. The minimum Gasteiger partial charge on any atom is -0.348 e. The first-order valence-electron chi connectivity index (χ1n) is 10.5. The Labute approximate surface area is 176 Å². The van der Waals surface area contributed by atoms with Crippen LogP contribution in [0.3, 0.4) is 0 Å². The molecule has 3 aromatic rings. The number of nitrogens with one attached hydrogen (secondary N) is 1. The highest BCUT2D eigenvalue weighted by Crippen LogP contribution is 2.27. The Hall–Kier alpha value is -3.09. The van der Waals surface area contributed by atoms with Gasteiger partial charge in [0.1, 0.15) is 0 Å². The lowest BCUT2D eigenvalue weighted by atomic mass is 9.92. The molecule has 30 heavy (non-hydrogen) atoms. The molecule has 3 heterocycles. The molecule has 2 amide bonds. The molecule has 2 aromatic heterocycles. The van der Waals surface area contributed by atoms with Crippen LogP contribution in [0.25, 0.3) is 10.9 Å². The molecule has 1 aliphatic heterocycles. The van der Waals surface area contributed by atoms with Crippen molar-refractivity contribution in [3.63, 3.8) is 0 Å². The molecule has 1 aliphatic rings. The van der Waals surface area contributed by atoms with Crippen molar-refractivity contribution in [3.8, 4) is 0 Å². The van der Waals surface area contributed by atoms with Gasteiger partial charge >= 0.3 is 0 Å². The number of carbonyl (C=O) groups is 2. The third-order valence-electron chi connectivity index (χ3n) is 6.42. The van der Waals surface area contributed by atoms with Gasteiger partial charge in [-0.1, -0.05) is 0 Å². The van der Waals surface area contributed by atoms with Crippen LogP contribution in [0.15, 0.2) is 30.6 Å². The molecule has 1 saturated heterocycles. The van der Waals surface area contributed by atoms with Crippen molar-refractivity contribution in [2.24, 2.45) is 20.0 Å². The minimum atomic E-state index is 0.00755. The number of benzene rings is 1. The minimum absolute atomic E-state index is 0.00755. The van der Waals surface area contributed by atoms with E-state index in [1.165, 1.54) is 11.3 Å². The summed E-state index contributed by atoms with van der Waals surface area (Å²) < 4.78 is 3.83. The molecule has 1 N–H and O–H groups in total. The van der Waals surface area contributed by atoms with Crippen LogP contribution in [-0.4, -0.2) is 44.2 Å². The Morgan fingerprint density at radius 1 is 1.17 bits per heavy atom. The van der Waals surface area contributed by atoms with E-state index in [0.29, 0.717) is 25.4 Å². The van der Waals surface area contributed by atoms with Crippen LogP contribution in [0, 0.1) is 19.8 Å². The van der Waals surface area contributed by atoms with Crippen LogP contribution in [-0.2, 0) is 18.9 Å². The molecule has 0 aliphatic carbocycles. The fraction of sp³-hybridized carbons (Fsp3) is 0.435. The summed E-state index contributed by atoms with van der Waals surface area (Å²) in [7, 11) is 3.88. The number of piperidine rings is 1. The lowest BCUT2D eigenvalue weighted by molar-refractivity contribution is -0.117. The summed E-state index contributed by atoms with van der Waals surface area (Å²) in [5.74, 6) is 0.386. The topological polar surface area (TPSA) is 72.2 Å². The second-order valence-corrected chi connectivity index (χ2v) is 8.39. The van der Waals surface area contributed by atoms with E-state index in [9.17, 15) is 9.59 Å². The molecule has 7 nitrogen and oxygen atoms in total. The first-order chi connectivity index (χ1) is 14.3. The smallest absolute Gasteiger partial charge is 0.253 e. The molecule has 0 atom stereocenters.